The summed E-state index contributed by atoms with van der Waals surface area (Å²) in [6.45, 7) is 0. The van der Waals surface area contributed by atoms with Crippen LogP contribution in [0.3, 0.4) is 0 Å². The number of aliphatic hydroxyl groups excluding tert-OH is 1. The molecule has 0 heterocycles. The van der Waals surface area contributed by atoms with E-state index in [2.05, 4.69) is 6.08 Å². The van der Waals surface area contributed by atoms with Crippen LogP contribution in [0.1, 0.15) is 12.8 Å². The quantitative estimate of drug-likeness (QED) is 0.591. The normalized spacial score (nSPS) is 46.0. The first-order valence-corrected chi connectivity index (χ1v) is 4.42. The molecule has 0 spiro atoms. The zero-order chi connectivity index (χ0) is 8.72. The van der Waals surface area contributed by atoms with Crippen LogP contribution in [0.15, 0.2) is 11.8 Å². The molecular weight excluding hydrogens is 154 g/mol. The Morgan fingerprint density at radius 3 is 2.83 bits per heavy atom. The first kappa shape index (κ1) is 8.08. The highest BCUT2D eigenvalue weighted by Crippen LogP contribution is 2.40. The second kappa shape index (κ2) is 2.75. The largest absolute Gasteiger partial charge is 0.402 e. The van der Waals surface area contributed by atoms with Crippen LogP contribution in [-0.4, -0.2) is 24.4 Å². The molecule has 4 unspecified atom stereocenters. The molecule has 0 amide bonds. The van der Waals surface area contributed by atoms with E-state index in [9.17, 15) is 5.11 Å². The maximum absolute atomic E-state index is 9.78. The fraction of sp³-hybridized carbons (Fsp3) is 0.778. The summed E-state index contributed by atoms with van der Waals surface area (Å²) in [5, 5.41) is 9.78. The number of rotatable bonds is 1. The van der Waals surface area contributed by atoms with Crippen molar-refractivity contribution in [3.8, 4) is 0 Å². The highest BCUT2D eigenvalue weighted by molar-refractivity contribution is 5.18. The van der Waals surface area contributed by atoms with E-state index in [1.54, 1.807) is 7.11 Å². The summed E-state index contributed by atoms with van der Waals surface area (Å²) in [5.41, 5.74) is 6.63. The van der Waals surface area contributed by atoms with Crippen molar-refractivity contribution in [1.29, 1.82) is 0 Å². The third-order valence-electron chi connectivity index (χ3n) is 3.09. The van der Waals surface area contributed by atoms with Crippen molar-refractivity contribution in [1.82, 2.24) is 0 Å². The maximum Gasteiger partial charge on any atom is 0.0899 e. The minimum Gasteiger partial charge on any atom is -0.402 e. The molecule has 3 aliphatic rings. The van der Waals surface area contributed by atoms with E-state index in [-0.39, 0.29) is 12.0 Å². The summed E-state index contributed by atoms with van der Waals surface area (Å²) in [6, 6.07) is 0. The van der Waals surface area contributed by atoms with Crippen LogP contribution in [0.5, 0.6) is 0 Å². The molecule has 2 bridgehead atoms. The summed E-state index contributed by atoms with van der Waals surface area (Å²) >= 11 is 0. The Bertz CT molecular complexity index is 215. The second-order valence-corrected chi connectivity index (χ2v) is 3.71. The Kier molecular flexibility index (Phi) is 1.85. The van der Waals surface area contributed by atoms with Gasteiger partial charge in [-0.3, -0.25) is 0 Å². The molecule has 3 heteroatoms. The summed E-state index contributed by atoms with van der Waals surface area (Å²) < 4.78 is 5.24. The molecule has 3 rings (SSSR count). The van der Waals surface area contributed by atoms with Gasteiger partial charge in [0.05, 0.1) is 12.2 Å². The average molecular weight is 169 g/mol. The Morgan fingerprint density at radius 2 is 2.33 bits per heavy atom. The number of hydrogen-bond donors (Lipinski definition) is 2. The van der Waals surface area contributed by atoms with Gasteiger partial charge in [-0.15, -0.1) is 0 Å². The highest BCUT2D eigenvalue weighted by atomic mass is 16.5. The third kappa shape index (κ3) is 0.967. The number of ether oxygens (including phenoxy) is 1. The molecule has 1 fully saturated rings. The summed E-state index contributed by atoms with van der Waals surface area (Å²) in [7, 11) is 1.65. The predicted octanol–water partition coefficient (Wildman–Crippen LogP) is 0.245. The van der Waals surface area contributed by atoms with E-state index in [0.717, 1.165) is 18.5 Å². The molecule has 0 aromatic heterocycles. The number of nitrogens with two attached hydrogens (primary N) is 1. The Hall–Kier alpha value is -0.540. The van der Waals surface area contributed by atoms with Crippen LogP contribution in [0.25, 0.3) is 0 Å². The molecule has 3 N–H and O–H groups in total. The molecule has 12 heavy (non-hydrogen) atoms. The smallest absolute Gasteiger partial charge is 0.0899 e. The number of hydrogen-bond acceptors (Lipinski definition) is 3. The van der Waals surface area contributed by atoms with Gasteiger partial charge in [-0.2, -0.15) is 0 Å². The van der Waals surface area contributed by atoms with Gasteiger partial charge >= 0.3 is 0 Å². The highest BCUT2D eigenvalue weighted by Gasteiger charge is 2.42. The number of fused-ring (bicyclic) bond motifs is 2. The van der Waals surface area contributed by atoms with E-state index in [0.29, 0.717) is 5.92 Å². The van der Waals surface area contributed by atoms with E-state index in [1.165, 1.54) is 0 Å². The molecule has 0 aromatic rings. The zero-order valence-electron chi connectivity index (χ0n) is 7.23. The number of methoxy groups -OCH3 is 1. The number of aliphatic hydroxyl groups is 1. The van der Waals surface area contributed by atoms with Crippen LogP contribution in [0, 0.1) is 11.8 Å². The van der Waals surface area contributed by atoms with Crippen molar-refractivity contribution >= 4 is 0 Å². The van der Waals surface area contributed by atoms with Gasteiger partial charge in [-0.05, 0) is 12.8 Å². The molecule has 68 valence electrons. The van der Waals surface area contributed by atoms with Crippen molar-refractivity contribution in [3.63, 3.8) is 0 Å². The van der Waals surface area contributed by atoms with Gasteiger partial charge in [0.1, 0.15) is 0 Å². The summed E-state index contributed by atoms with van der Waals surface area (Å²) in [4.78, 5) is 0. The van der Waals surface area contributed by atoms with Gasteiger partial charge in [-0.1, -0.05) is 6.08 Å². The Morgan fingerprint density at radius 1 is 1.58 bits per heavy atom. The SMILES string of the molecule is COC1C2C=C(N)C(CC2)C1O. The lowest BCUT2D eigenvalue weighted by atomic mass is 9.70. The maximum atomic E-state index is 9.78. The fourth-order valence-corrected chi connectivity index (χ4v) is 2.42. The van der Waals surface area contributed by atoms with Gasteiger partial charge in [0.2, 0.25) is 0 Å². The van der Waals surface area contributed by atoms with E-state index in [4.69, 9.17) is 10.5 Å². The molecule has 0 saturated heterocycles. The molecule has 0 aromatic carbocycles. The topological polar surface area (TPSA) is 55.5 Å². The third-order valence-corrected chi connectivity index (χ3v) is 3.09. The lowest BCUT2D eigenvalue weighted by molar-refractivity contribution is -0.0865. The van der Waals surface area contributed by atoms with E-state index >= 15 is 0 Å². The van der Waals surface area contributed by atoms with Gasteiger partial charge in [0, 0.05) is 24.6 Å². The Balaban J connectivity index is 2.26. The summed E-state index contributed by atoms with van der Waals surface area (Å²) in [6.07, 6.45) is 3.74. The molecule has 0 aliphatic heterocycles. The van der Waals surface area contributed by atoms with Crippen molar-refractivity contribution < 1.29 is 9.84 Å². The molecule has 4 atom stereocenters. The molecule has 0 radical (unpaired) electrons. The van der Waals surface area contributed by atoms with Crippen LogP contribution in [-0.2, 0) is 4.74 Å². The van der Waals surface area contributed by atoms with E-state index in [1.807, 2.05) is 0 Å². The zero-order valence-corrected chi connectivity index (χ0v) is 7.23. The van der Waals surface area contributed by atoms with Gasteiger partial charge in [0.25, 0.3) is 0 Å². The van der Waals surface area contributed by atoms with Crippen molar-refractivity contribution in [3.05, 3.63) is 11.8 Å². The van der Waals surface area contributed by atoms with Crippen LogP contribution in [0.2, 0.25) is 0 Å². The van der Waals surface area contributed by atoms with Crippen LogP contribution >= 0.6 is 0 Å². The van der Waals surface area contributed by atoms with Gasteiger partial charge in [-0.25, -0.2) is 0 Å². The summed E-state index contributed by atoms with van der Waals surface area (Å²) in [5.74, 6) is 0.468. The van der Waals surface area contributed by atoms with E-state index < -0.39 is 6.10 Å². The van der Waals surface area contributed by atoms with Gasteiger partial charge in [0.15, 0.2) is 0 Å². The minimum atomic E-state index is -0.390. The molecule has 3 aliphatic carbocycles. The second-order valence-electron chi connectivity index (χ2n) is 3.71. The standard InChI is InChI=1S/C9H15NO2/c1-12-9-5-2-3-6(8(9)11)7(10)4-5/h4-6,8-9,11H,2-3,10H2,1H3. The predicted molar refractivity (Wildman–Crippen MR) is 45.3 cm³/mol. The van der Waals surface area contributed by atoms with Crippen molar-refractivity contribution in [2.45, 2.75) is 25.0 Å². The molecular formula is C9H15NO2. The molecule has 1 saturated carbocycles. The van der Waals surface area contributed by atoms with Crippen molar-refractivity contribution in [2.24, 2.45) is 17.6 Å². The van der Waals surface area contributed by atoms with Crippen LogP contribution < -0.4 is 5.73 Å². The van der Waals surface area contributed by atoms with Gasteiger partial charge < -0.3 is 15.6 Å². The monoisotopic (exact) mass is 169 g/mol. The minimum absolute atomic E-state index is 0.0314. The average Bonchev–Trinajstić information content (AvgIpc) is 2.05. The lowest BCUT2D eigenvalue weighted by Gasteiger charge is -2.43. The first-order chi connectivity index (χ1) is 5.74. The lowest BCUT2D eigenvalue weighted by Crippen LogP contribution is -2.49. The Labute approximate surface area is 72.2 Å². The first-order valence-electron chi connectivity index (χ1n) is 4.42. The van der Waals surface area contributed by atoms with Crippen LogP contribution in [0.4, 0.5) is 0 Å². The fourth-order valence-electron chi connectivity index (χ4n) is 2.42. The molecule has 3 nitrogen and oxygen atoms in total. The van der Waals surface area contributed by atoms with Crippen molar-refractivity contribution in [2.75, 3.05) is 7.11 Å².